The number of benzene rings is 1. The summed E-state index contributed by atoms with van der Waals surface area (Å²) >= 11 is 0. The molecule has 0 unspecified atom stereocenters. The maximum absolute atomic E-state index is 10.2. The Morgan fingerprint density at radius 1 is 1.18 bits per heavy atom. The molecule has 0 amide bonds. The van der Waals surface area contributed by atoms with E-state index in [2.05, 4.69) is 41.5 Å². The van der Waals surface area contributed by atoms with Crippen LogP contribution in [0.15, 0.2) is 35.4 Å². The lowest BCUT2D eigenvalue weighted by Gasteiger charge is -2.31. The molecule has 1 aromatic rings. The van der Waals surface area contributed by atoms with Gasteiger partial charge in [-0.25, -0.2) is 0 Å². The number of anilines is 1. The van der Waals surface area contributed by atoms with E-state index in [9.17, 15) is 4.79 Å². The first-order chi connectivity index (χ1) is 8.05. The molecule has 0 heterocycles. The molecule has 0 saturated heterocycles. The van der Waals surface area contributed by atoms with Crippen LogP contribution in [0.3, 0.4) is 0 Å². The molecule has 0 spiro atoms. The van der Waals surface area contributed by atoms with E-state index in [1.807, 2.05) is 24.4 Å². The van der Waals surface area contributed by atoms with Crippen LogP contribution in [0.5, 0.6) is 0 Å². The minimum absolute atomic E-state index is 0.540. The van der Waals surface area contributed by atoms with Gasteiger partial charge in [0.2, 0.25) is 0 Å². The number of hydrogen-bond donors (Lipinski definition) is 0. The van der Waals surface area contributed by atoms with Gasteiger partial charge >= 0.3 is 0 Å². The highest BCUT2D eigenvalue weighted by Crippen LogP contribution is 2.21. The molecule has 92 valence electrons. The average molecular weight is 248 g/mol. The van der Waals surface area contributed by atoms with Crippen molar-refractivity contribution in [3.8, 4) is 0 Å². The number of para-hydroxylation sites is 1. The van der Waals surface area contributed by atoms with Crippen LogP contribution in [0.1, 0.15) is 12.8 Å². The highest BCUT2D eigenvalue weighted by Gasteiger charge is 2.23. The fourth-order valence-electron chi connectivity index (χ4n) is 1.48. The van der Waals surface area contributed by atoms with Gasteiger partial charge in [-0.15, -0.1) is 0 Å². The van der Waals surface area contributed by atoms with E-state index in [-0.39, 0.29) is 0 Å². The third-order valence-electron chi connectivity index (χ3n) is 2.25. The van der Waals surface area contributed by atoms with Crippen molar-refractivity contribution in [2.24, 2.45) is 5.10 Å². The molecule has 3 nitrogen and oxygen atoms in total. The normalized spacial score (nSPS) is 11.7. The SMILES string of the molecule is C[Si](C)(C)N(N=CCCC=O)c1ccccc1. The summed E-state index contributed by atoms with van der Waals surface area (Å²) in [6.07, 6.45) is 4.00. The first kappa shape index (κ1) is 13.6. The molecule has 0 fully saturated rings. The lowest BCUT2D eigenvalue weighted by molar-refractivity contribution is -0.107. The Morgan fingerprint density at radius 3 is 2.35 bits per heavy atom. The second-order valence-electron chi connectivity index (χ2n) is 4.86. The number of carbonyl (C=O) groups excluding carboxylic acids is 1. The fraction of sp³-hybridized carbons (Fsp3) is 0.385. The highest BCUT2D eigenvalue weighted by molar-refractivity contribution is 6.79. The zero-order chi connectivity index (χ0) is 12.7. The van der Waals surface area contributed by atoms with Gasteiger partial charge < -0.3 is 4.79 Å². The molecule has 0 saturated carbocycles. The minimum atomic E-state index is -1.54. The summed E-state index contributed by atoms with van der Waals surface area (Å²) in [6, 6.07) is 10.2. The summed E-state index contributed by atoms with van der Waals surface area (Å²) in [5.41, 5.74) is 1.12. The summed E-state index contributed by atoms with van der Waals surface area (Å²) in [5.74, 6) is 0. The third-order valence-corrected chi connectivity index (χ3v) is 3.89. The molecule has 17 heavy (non-hydrogen) atoms. The molecule has 0 aliphatic carbocycles. The maximum atomic E-state index is 10.2. The Hall–Kier alpha value is -1.42. The number of aldehydes is 1. The van der Waals surface area contributed by atoms with Crippen molar-refractivity contribution >= 4 is 26.4 Å². The van der Waals surface area contributed by atoms with Crippen molar-refractivity contribution in [1.29, 1.82) is 0 Å². The fourth-order valence-corrected chi connectivity index (χ4v) is 2.83. The minimum Gasteiger partial charge on any atom is -0.303 e. The first-order valence-electron chi connectivity index (χ1n) is 5.87. The Morgan fingerprint density at radius 2 is 1.82 bits per heavy atom. The van der Waals surface area contributed by atoms with E-state index >= 15 is 0 Å². The second-order valence-corrected chi connectivity index (χ2v) is 9.63. The number of hydrazone groups is 1. The van der Waals surface area contributed by atoms with Crippen molar-refractivity contribution in [3.63, 3.8) is 0 Å². The van der Waals surface area contributed by atoms with Crippen molar-refractivity contribution in [3.05, 3.63) is 30.3 Å². The zero-order valence-corrected chi connectivity index (χ0v) is 11.8. The van der Waals surface area contributed by atoms with Gasteiger partial charge in [0.15, 0.2) is 8.24 Å². The van der Waals surface area contributed by atoms with E-state index in [4.69, 9.17) is 0 Å². The van der Waals surface area contributed by atoms with Gasteiger partial charge in [0, 0.05) is 18.3 Å². The molecular weight excluding hydrogens is 228 g/mol. The van der Waals surface area contributed by atoms with Gasteiger partial charge in [-0.3, -0.25) is 4.67 Å². The van der Waals surface area contributed by atoms with Crippen molar-refractivity contribution in [2.75, 3.05) is 4.67 Å². The predicted molar refractivity (Wildman–Crippen MR) is 76.1 cm³/mol. The predicted octanol–water partition coefficient (Wildman–Crippen LogP) is 3.29. The largest absolute Gasteiger partial charge is 0.303 e. The Balaban J connectivity index is 2.83. The van der Waals surface area contributed by atoms with Crippen LogP contribution in [0.25, 0.3) is 0 Å². The number of rotatable bonds is 6. The number of carbonyl (C=O) groups is 1. The van der Waals surface area contributed by atoms with E-state index < -0.39 is 8.24 Å². The van der Waals surface area contributed by atoms with Gasteiger partial charge in [0.05, 0.1) is 0 Å². The Labute approximate surface area is 104 Å². The summed E-state index contributed by atoms with van der Waals surface area (Å²) < 4.78 is 2.11. The van der Waals surface area contributed by atoms with Gasteiger partial charge in [-0.1, -0.05) is 18.2 Å². The second kappa shape index (κ2) is 6.35. The quantitative estimate of drug-likeness (QED) is 0.254. The lowest BCUT2D eigenvalue weighted by atomic mass is 10.3. The van der Waals surface area contributed by atoms with Crippen molar-refractivity contribution in [2.45, 2.75) is 32.5 Å². The topological polar surface area (TPSA) is 32.7 Å². The molecule has 0 bridgehead atoms. The highest BCUT2D eigenvalue weighted by atomic mass is 28.3. The summed E-state index contributed by atoms with van der Waals surface area (Å²) in [5, 5.41) is 4.51. The van der Waals surface area contributed by atoms with Crippen LogP contribution in [-0.4, -0.2) is 20.7 Å². The van der Waals surface area contributed by atoms with Crippen molar-refractivity contribution in [1.82, 2.24) is 0 Å². The van der Waals surface area contributed by atoms with Gasteiger partial charge in [-0.2, -0.15) is 5.10 Å². The zero-order valence-electron chi connectivity index (χ0n) is 10.8. The molecule has 0 aromatic heterocycles. The molecule has 0 atom stereocenters. The van der Waals surface area contributed by atoms with E-state index in [0.717, 1.165) is 12.0 Å². The molecule has 0 aliphatic heterocycles. The van der Waals surface area contributed by atoms with E-state index in [0.29, 0.717) is 12.8 Å². The molecule has 0 radical (unpaired) electrons. The lowest BCUT2D eigenvalue weighted by Crippen LogP contribution is -2.42. The summed E-state index contributed by atoms with van der Waals surface area (Å²) in [6.45, 7) is 6.74. The molecule has 4 heteroatoms. The molecule has 0 N–H and O–H groups in total. The Kier molecular flexibility index (Phi) is 5.09. The first-order valence-corrected chi connectivity index (χ1v) is 9.32. The van der Waals surface area contributed by atoms with Crippen LogP contribution in [0.4, 0.5) is 5.69 Å². The van der Waals surface area contributed by atoms with Crippen LogP contribution in [0.2, 0.25) is 19.6 Å². The smallest absolute Gasteiger partial charge is 0.176 e. The third kappa shape index (κ3) is 4.52. The van der Waals surface area contributed by atoms with Crippen LogP contribution in [-0.2, 0) is 4.79 Å². The van der Waals surface area contributed by atoms with Gasteiger partial charge in [0.1, 0.15) is 6.29 Å². The Bertz CT molecular complexity index is 371. The summed E-state index contributed by atoms with van der Waals surface area (Å²) in [4.78, 5) is 10.2. The number of nitrogens with zero attached hydrogens (tertiary/aromatic N) is 2. The summed E-state index contributed by atoms with van der Waals surface area (Å²) in [7, 11) is -1.54. The maximum Gasteiger partial charge on any atom is 0.176 e. The average Bonchev–Trinajstić information content (AvgIpc) is 2.28. The number of unbranched alkanes of at least 4 members (excludes halogenated alkanes) is 1. The monoisotopic (exact) mass is 248 g/mol. The molecule has 1 rings (SSSR count). The van der Waals surface area contributed by atoms with Crippen LogP contribution < -0.4 is 4.67 Å². The standard InChI is InChI=1S/C13H20N2OSi/c1-17(2,3)15(14-11-7-8-12-16)13-9-5-4-6-10-13/h4-6,9-12H,7-8H2,1-3H3. The van der Waals surface area contributed by atoms with Crippen LogP contribution >= 0.6 is 0 Å². The van der Waals surface area contributed by atoms with E-state index in [1.54, 1.807) is 0 Å². The van der Waals surface area contributed by atoms with Gasteiger partial charge in [-0.05, 0) is 38.2 Å². The van der Waals surface area contributed by atoms with Crippen LogP contribution in [0, 0.1) is 0 Å². The van der Waals surface area contributed by atoms with E-state index in [1.165, 1.54) is 0 Å². The number of hydrogen-bond acceptors (Lipinski definition) is 3. The molecular formula is C13H20N2OSi. The molecule has 0 aliphatic rings. The van der Waals surface area contributed by atoms with Crippen molar-refractivity contribution < 1.29 is 4.79 Å². The van der Waals surface area contributed by atoms with Gasteiger partial charge in [0.25, 0.3) is 0 Å². The molecule has 1 aromatic carbocycles.